The predicted molar refractivity (Wildman–Crippen MR) is 111 cm³/mol. The first kappa shape index (κ1) is 17.6. The monoisotopic (exact) mass is 386 g/mol. The van der Waals surface area contributed by atoms with Gasteiger partial charge in [0.25, 0.3) is 5.91 Å². The second-order valence-electron chi connectivity index (χ2n) is 7.39. The fourth-order valence-corrected chi connectivity index (χ4v) is 3.71. The summed E-state index contributed by atoms with van der Waals surface area (Å²) >= 11 is 0. The summed E-state index contributed by atoms with van der Waals surface area (Å²) in [4.78, 5) is 21.1. The molecule has 0 atom stereocenters. The largest absolute Gasteiger partial charge is 0.335 e. The van der Waals surface area contributed by atoms with E-state index < -0.39 is 0 Å². The van der Waals surface area contributed by atoms with Gasteiger partial charge in [0.05, 0.1) is 0 Å². The molecular formula is C22H22N6O. The van der Waals surface area contributed by atoms with Crippen molar-refractivity contribution in [1.29, 1.82) is 0 Å². The number of hydrogen-bond donors (Lipinski definition) is 0. The molecule has 146 valence electrons. The van der Waals surface area contributed by atoms with Crippen molar-refractivity contribution >= 4 is 11.4 Å². The maximum atomic E-state index is 12.8. The number of amides is 1. The van der Waals surface area contributed by atoms with Crippen LogP contribution in [0.5, 0.6) is 0 Å². The van der Waals surface area contributed by atoms with Crippen molar-refractivity contribution < 1.29 is 4.79 Å². The summed E-state index contributed by atoms with van der Waals surface area (Å²) in [5, 5.41) is 4.58. The van der Waals surface area contributed by atoms with Crippen molar-refractivity contribution in [3.8, 4) is 16.9 Å². The number of aromatic nitrogens is 4. The van der Waals surface area contributed by atoms with Crippen LogP contribution in [-0.2, 0) is 0 Å². The van der Waals surface area contributed by atoms with E-state index in [0.717, 1.165) is 48.6 Å². The standard InChI is InChI=1S/C22H22N6O/c1-25-11-13-26(14-12-25)22(29)20-8-10-28(24-20)21-7-6-19-5-4-18(16-27(19)21)17-3-2-9-23-15-17/h2-10,15-16H,11-14H2,1H3. The van der Waals surface area contributed by atoms with Gasteiger partial charge in [0, 0.05) is 62.0 Å². The molecule has 1 aliphatic heterocycles. The van der Waals surface area contributed by atoms with Gasteiger partial charge in [-0.25, -0.2) is 4.68 Å². The molecule has 1 amide bonds. The predicted octanol–water partition coefficient (Wildman–Crippen LogP) is 2.57. The fourth-order valence-electron chi connectivity index (χ4n) is 3.71. The molecule has 5 rings (SSSR count). The third-order valence-corrected chi connectivity index (χ3v) is 5.46. The van der Waals surface area contributed by atoms with E-state index in [9.17, 15) is 4.79 Å². The molecule has 1 fully saturated rings. The molecule has 0 saturated carbocycles. The zero-order chi connectivity index (χ0) is 19.8. The van der Waals surface area contributed by atoms with Crippen LogP contribution in [0.2, 0.25) is 0 Å². The SMILES string of the molecule is CN1CCN(C(=O)c2ccn(-c3ccc4ccc(-c5cccnc5)cn34)n2)CC1. The quantitative estimate of drug-likeness (QED) is 0.543. The summed E-state index contributed by atoms with van der Waals surface area (Å²) < 4.78 is 3.85. The van der Waals surface area contributed by atoms with Crippen LogP contribution < -0.4 is 0 Å². The number of rotatable bonds is 3. The third kappa shape index (κ3) is 3.30. The van der Waals surface area contributed by atoms with Crippen molar-refractivity contribution in [2.75, 3.05) is 33.2 Å². The lowest BCUT2D eigenvalue weighted by Crippen LogP contribution is -2.47. The van der Waals surface area contributed by atoms with Crippen LogP contribution in [0.15, 0.2) is 67.3 Å². The maximum Gasteiger partial charge on any atom is 0.274 e. The highest BCUT2D eigenvalue weighted by atomic mass is 16.2. The zero-order valence-corrected chi connectivity index (χ0v) is 16.3. The Morgan fingerprint density at radius 1 is 0.966 bits per heavy atom. The van der Waals surface area contributed by atoms with Gasteiger partial charge in [0.1, 0.15) is 5.82 Å². The van der Waals surface area contributed by atoms with Crippen LogP contribution in [0.3, 0.4) is 0 Å². The lowest BCUT2D eigenvalue weighted by Gasteiger charge is -2.31. The van der Waals surface area contributed by atoms with Crippen LogP contribution in [0.4, 0.5) is 0 Å². The number of hydrogen-bond acceptors (Lipinski definition) is 4. The van der Waals surface area contributed by atoms with Crippen molar-refractivity contribution in [3.05, 3.63) is 72.9 Å². The van der Waals surface area contributed by atoms with E-state index in [0.29, 0.717) is 5.69 Å². The van der Waals surface area contributed by atoms with Gasteiger partial charge in [-0.2, -0.15) is 5.10 Å². The van der Waals surface area contributed by atoms with Crippen molar-refractivity contribution in [2.45, 2.75) is 0 Å². The van der Waals surface area contributed by atoms with E-state index in [1.54, 1.807) is 16.9 Å². The summed E-state index contributed by atoms with van der Waals surface area (Å²) in [6.45, 7) is 3.27. The molecule has 0 bridgehead atoms. The van der Waals surface area contributed by atoms with Crippen LogP contribution >= 0.6 is 0 Å². The Labute approximate surface area is 168 Å². The molecule has 29 heavy (non-hydrogen) atoms. The maximum absolute atomic E-state index is 12.8. The number of piperazine rings is 1. The summed E-state index contributed by atoms with van der Waals surface area (Å²) in [5.41, 5.74) is 3.67. The smallest absolute Gasteiger partial charge is 0.274 e. The van der Waals surface area contributed by atoms with Gasteiger partial charge in [-0.05, 0) is 42.9 Å². The Hall–Kier alpha value is -3.45. The molecule has 0 spiro atoms. The molecule has 5 heterocycles. The Balaban J connectivity index is 1.46. The molecule has 1 saturated heterocycles. The number of fused-ring (bicyclic) bond motifs is 1. The summed E-state index contributed by atoms with van der Waals surface area (Å²) in [7, 11) is 2.08. The summed E-state index contributed by atoms with van der Waals surface area (Å²) in [5.74, 6) is 0.886. The number of carbonyl (C=O) groups is 1. The van der Waals surface area contributed by atoms with Crippen LogP contribution in [0.25, 0.3) is 22.5 Å². The zero-order valence-electron chi connectivity index (χ0n) is 16.3. The second-order valence-corrected chi connectivity index (χ2v) is 7.39. The van der Waals surface area contributed by atoms with E-state index >= 15 is 0 Å². The first-order chi connectivity index (χ1) is 14.2. The van der Waals surface area contributed by atoms with Crippen molar-refractivity contribution in [3.63, 3.8) is 0 Å². The number of pyridine rings is 2. The van der Waals surface area contributed by atoms with Crippen LogP contribution in [-0.4, -0.2) is 68.1 Å². The first-order valence-corrected chi connectivity index (χ1v) is 9.74. The molecule has 0 radical (unpaired) electrons. The molecule has 0 unspecified atom stereocenters. The average Bonchev–Trinajstić information content (AvgIpc) is 3.41. The van der Waals surface area contributed by atoms with Gasteiger partial charge in [0.15, 0.2) is 5.69 Å². The topological polar surface area (TPSA) is 58.7 Å². The Kier molecular flexibility index (Phi) is 4.37. The highest BCUT2D eigenvalue weighted by Crippen LogP contribution is 2.22. The highest BCUT2D eigenvalue weighted by Gasteiger charge is 2.22. The molecule has 1 aliphatic rings. The van der Waals surface area contributed by atoms with E-state index in [-0.39, 0.29) is 5.91 Å². The molecule has 4 aromatic rings. The summed E-state index contributed by atoms with van der Waals surface area (Å²) in [6.07, 6.45) is 7.55. The normalized spacial score (nSPS) is 15.1. The van der Waals surface area contributed by atoms with Gasteiger partial charge in [0.2, 0.25) is 0 Å². The van der Waals surface area contributed by atoms with E-state index in [4.69, 9.17) is 0 Å². The van der Waals surface area contributed by atoms with Crippen molar-refractivity contribution in [2.24, 2.45) is 0 Å². The van der Waals surface area contributed by atoms with E-state index in [1.807, 2.05) is 41.6 Å². The molecular weight excluding hydrogens is 364 g/mol. The van der Waals surface area contributed by atoms with Gasteiger partial charge >= 0.3 is 0 Å². The molecule has 4 aromatic heterocycles. The van der Waals surface area contributed by atoms with E-state index in [2.05, 4.69) is 44.8 Å². The van der Waals surface area contributed by atoms with Gasteiger partial charge in [-0.3, -0.25) is 9.78 Å². The minimum absolute atomic E-state index is 0.00578. The Bertz CT molecular complexity index is 1150. The van der Waals surface area contributed by atoms with Crippen molar-refractivity contribution in [1.82, 2.24) is 29.0 Å². The molecule has 0 N–H and O–H groups in total. The Morgan fingerprint density at radius 2 is 1.79 bits per heavy atom. The molecule has 7 heteroatoms. The lowest BCUT2D eigenvalue weighted by atomic mass is 10.1. The number of likely N-dealkylation sites (N-methyl/N-ethyl adjacent to an activating group) is 1. The van der Waals surface area contributed by atoms with Gasteiger partial charge < -0.3 is 14.2 Å². The fraction of sp³-hybridized carbons (Fsp3) is 0.227. The number of carbonyl (C=O) groups excluding carboxylic acids is 1. The highest BCUT2D eigenvalue weighted by molar-refractivity contribution is 5.92. The average molecular weight is 386 g/mol. The minimum Gasteiger partial charge on any atom is -0.335 e. The molecule has 0 aromatic carbocycles. The van der Waals surface area contributed by atoms with E-state index in [1.165, 1.54) is 0 Å². The molecule has 0 aliphatic carbocycles. The lowest BCUT2D eigenvalue weighted by molar-refractivity contribution is 0.0657. The second kappa shape index (κ2) is 7.18. The van der Waals surface area contributed by atoms with Crippen LogP contribution in [0.1, 0.15) is 10.5 Å². The number of nitrogens with zero attached hydrogens (tertiary/aromatic N) is 6. The minimum atomic E-state index is -0.00578. The third-order valence-electron chi connectivity index (χ3n) is 5.46. The first-order valence-electron chi connectivity index (χ1n) is 9.74. The molecule has 7 nitrogen and oxygen atoms in total. The van der Waals surface area contributed by atoms with Crippen LogP contribution in [0, 0.1) is 0 Å². The van der Waals surface area contributed by atoms with Gasteiger partial charge in [-0.15, -0.1) is 0 Å². The van der Waals surface area contributed by atoms with Gasteiger partial charge in [-0.1, -0.05) is 12.1 Å². The Morgan fingerprint density at radius 3 is 2.59 bits per heavy atom. The summed E-state index contributed by atoms with van der Waals surface area (Å²) in [6, 6.07) is 14.0.